The minimum Gasteiger partial charge on any atom is -0.396 e. The predicted octanol–water partition coefficient (Wildman–Crippen LogP) is 1.29. The molecule has 0 aliphatic heterocycles. The first kappa shape index (κ1) is 16.2. The largest absolute Gasteiger partial charge is 0.396 e. The molecule has 0 amide bonds. The van der Waals surface area contributed by atoms with Crippen molar-refractivity contribution >= 4 is 16.9 Å². The Bertz CT molecular complexity index is 408. The van der Waals surface area contributed by atoms with Gasteiger partial charge in [0.25, 0.3) is 0 Å². The van der Waals surface area contributed by atoms with E-state index in [2.05, 4.69) is 0 Å². The zero-order chi connectivity index (χ0) is 14.3. The Morgan fingerprint density at radius 2 is 2.00 bits per heavy atom. The molecule has 106 valence electrons. The van der Waals surface area contributed by atoms with Crippen molar-refractivity contribution in [3.8, 4) is 0 Å². The fourth-order valence-corrected chi connectivity index (χ4v) is 2.41. The van der Waals surface area contributed by atoms with Crippen LogP contribution in [0.5, 0.6) is 0 Å². The maximum Gasteiger partial charge on any atom is 0.185 e. The number of rotatable bonds is 7. The zero-order valence-corrected chi connectivity index (χ0v) is 11.8. The summed E-state index contributed by atoms with van der Waals surface area (Å²) in [5.41, 5.74) is 1.57. The lowest BCUT2D eigenvalue weighted by molar-refractivity contribution is -0.109. The average molecular weight is 284 g/mol. The first-order chi connectivity index (χ1) is 9.06. The number of thioether (sulfide) groups is 1. The highest BCUT2D eigenvalue weighted by atomic mass is 32.2. The first-order valence-corrected chi connectivity index (χ1v) is 7.23. The second-order valence-corrected chi connectivity index (χ2v) is 5.54. The van der Waals surface area contributed by atoms with E-state index in [0.29, 0.717) is 18.4 Å². The molecule has 0 fully saturated rings. The summed E-state index contributed by atoms with van der Waals surface area (Å²) in [4.78, 5) is 10.9. The molecule has 3 N–H and O–H groups in total. The Kier molecular flexibility index (Phi) is 7.09. The van der Waals surface area contributed by atoms with Gasteiger partial charge in [-0.2, -0.15) is 0 Å². The van der Waals surface area contributed by atoms with E-state index in [4.69, 9.17) is 5.11 Å². The fourth-order valence-electron chi connectivity index (χ4n) is 1.82. The van der Waals surface area contributed by atoms with Gasteiger partial charge in [-0.15, -0.1) is 0 Å². The van der Waals surface area contributed by atoms with Gasteiger partial charge in [0, 0.05) is 19.3 Å². The van der Waals surface area contributed by atoms with E-state index in [1.165, 1.54) is 6.92 Å². The van der Waals surface area contributed by atoms with Gasteiger partial charge in [-0.25, -0.2) is 0 Å². The predicted molar refractivity (Wildman–Crippen MR) is 76.0 cm³/mol. The molecule has 1 rings (SSSR count). The van der Waals surface area contributed by atoms with Gasteiger partial charge in [-0.05, 0) is 24.0 Å². The number of aliphatic hydroxyl groups is 3. The second-order valence-electron chi connectivity index (χ2n) is 4.34. The molecular formula is C14H20O4S. The smallest absolute Gasteiger partial charge is 0.185 e. The lowest BCUT2D eigenvalue weighted by Gasteiger charge is -2.20. The molecule has 2 atom stereocenters. The summed E-state index contributed by atoms with van der Waals surface area (Å²) in [6, 6.07) is 7.30. The standard InChI is InChI=1S/C14H20O4S/c1-10(16)19-9-13(17)14(18)12-7-3-2-5-11(12)6-4-8-15/h2-3,5,7,13-15,17-18H,4,6,8-9H2,1H3. The lowest BCUT2D eigenvalue weighted by atomic mass is 9.96. The average Bonchev–Trinajstić information content (AvgIpc) is 2.42. The summed E-state index contributed by atoms with van der Waals surface area (Å²) in [5.74, 6) is 0.171. The normalized spacial score (nSPS) is 14.1. The first-order valence-electron chi connectivity index (χ1n) is 6.24. The summed E-state index contributed by atoms with van der Waals surface area (Å²) >= 11 is 0.997. The quantitative estimate of drug-likeness (QED) is 0.703. The highest BCUT2D eigenvalue weighted by Crippen LogP contribution is 2.24. The van der Waals surface area contributed by atoms with E-state index in [9.17, 15) is 15.0 Å². The molecule has 0 heterocycles. The molecule has 0 saturated heterocycles. The van der Waals surface area contributed by atoms with Crippen LogP contribution in [-0.4, -0.2) is 38.9 Å². The topological polar surface area (TPSA) is 77.8 Å². The van der Waals surface area contributed by atoms with Crippen molar-refractivity contribution < 1.29 is 20.1 Å². The van der Waals surface area contributed by atoms with Crippen LogP contribution in [0.15, 0.2) is 24.3 Å². The van der Waals surface area contributed by atoms with Crippen LogP contribution in [0.25, 0.3) is 0 Å². The van der Waals surface area contributed by atoms with Gasteiger partial charge in [0.1, 0.15) is 6.10 Å². The Hall–Kier alpha value is -0.880. The summed E-state index contributed by atoms with van der Waals surface area (Å²) in [6.45, 7) is 1.52. The lowest BCUT2D eigenvalue weighted by Crippen LogP contribution is -2.22. The SMILES string of the molecule is CC(=O)SCC(O)C(O)c1ccccc1CCCO. The molecule has 0 spiro atoms. The van der Waals surface area contributed by atoms with Crippen LogP contribution >= 0.6 is 11.8 Å². The van der Waals surface area contributed by atoms with Crippen LogP contribution in [0, 0.1) is 0 Å². The summed E-state index contributed by atoms with van der Waals surface area (Å²) in [6.07, 6.45) is -0.732. The Morgan fingerprint density at radius 1 is 1.32 bits per heavy atom. The van der Waals surface area contributed by atoms with E-state index in [-0.39, 0.29) is 17.5 Å². The number of aryl methyl sites for hydroxylation is 1. The van der Waals surface area contributed by atoms with Crippen molar-refractivity contribution in [2.24, 2.45) is 0 Å². The molecule has 0 saturated carbocycles. The molecule has 5 heteroatoms. The van der Waals surface area contributed by atoms with Gasteiger partial charge in [0.2, 0.25) is 0 Å². The maximum atomic E-state index is 10.9. The molecule has 0 bridgehead atoms. The van der Waals surface area contributed by atoms with Gasteiger partial charge >= 0.3 is 0 Å². The maximum absolute atomic E-state index is 10.9. The number of hydrogen-bond donors (Lipinski definition) is 3. The summed E-state index contributed by atoms with van der Waals surface area (Å²) in [5, 5.41) is 28.8. The van der Waals surface area contributed by atoms with Gasteiger partial charge in [-0.1, -0.05) is 36.0 Å². The number of carbonyl (C=O) groups is 1. The van der Waals surface area contributed by atoms with Gasteiger partial charge in [0.15, 0.2) is 5.12 Å². The fraction of sp³-hybridized carbons (Fsp3) is 0.500. The highest BCUT2D eigenvalue weighted by Gasteiger charge is 2.21. The van der Waals surface area contributed by atoms with Crippen molar-refractivity contribution in [3.05, 3.63) is 35.4 Å². The Balaban J connectivity index is 2.74. The van der Waals surface area contributed by atoms with Crippen LogP contribution in [-0.2, 0) is 11.2 Å². The molecule has 2 unspecified atom stereocenters. The highest BCUT2D eigenvalue weighted by molar-refractivity contribution is 8.13. The Labute approximate surface area is 117 Å². The molecular weight excluding hydrogens is 264 g/mol. The van der Waals surface area contributed by atoms with Crippen LogP contribution in [0.2, 0.25) is 0 Å². The second kappa shape index (κ2) is 8.32. The minimum atomic E-state index is -1.01. The van der Waals surface area contributed by atoms with Crippen LogP contribution in [0.1, 0.15) is 30.6 Å². The third kappa shape index (κ3) is 5.32. The molecule has 0 aromatic heterocycles. The molecule has 19 heavy (non-hydrogen) atoms. The minimum absolute atomic E-state index is 0.0835. The van der Waals surface area contributed by atoms with Crippen LogP contribution in [0.3, 0.4) is 0 Å². The van der Waals surface area contributed by atoms with Crippen molar-refractivity contribution in [2.75, 3.05) is 12.4 Å². The van der Waals surface area contributed by atoms with Crippen LogP contribution in [0.4, 0.5) is 0 Å². The summed E-state index contributed by atoms with van der Waals surface area (Å²) < 4.78 is 0. The Morgan fingerprint density at radius 3 is 2.63 bits per heavy atom. The summed E-state index contributed by atoms with van der Waals surface area (Å²) in [7, 11) is 0. The molecule has 1 aromatic rings. The van der Waals surface area contributed by atoms with E-state index < -0.39 is 12.2 Å². The van der Waals surface area contributed by atoms with E-state index >= 15 is 0 Å². The number of benzene rings is 1. The van der Waals surface area contributed by atoms with Gasteiger partial charge < -0.3 is 15.3 Å². The van der Waals surface area contributed by atoms with Gasteiger partial charge in [0.05, 0.1) is 6.10 Å². The van der Waals surface area contributed by atoms with Crippen molar-refractivity contribution in [3.63, 3.8) is 0 Å². The van der Waals surface area contributed by atoms with E-state index in [1.54, 1.807) is 12.1 Å². The van der Waals surface area contributed by atoms with E-state index in [1.807, 2.05) is 12.1 Å². The van der Waals surface area contributed by atoms with E-state index in [0.717, 1.165) is 17.3 Å². The molecule has 4 nitrogen and oxygen atoms in total. The number of aliphatic hydroxyl groups excluding tert-OH is 3. The molecule has 0 aliphatic carbocycles. The number of carbonyl (C=O) groups excluding carboxylic acids is 1. The van der Waals surface area contributed by atoms with Crippen LogP contribution < -0.4 is 0 Å². The molecule has 0 radical (unpaired) electrons. The monoisotopic (exact) mass is 284 g/mol. The molecule has 0 aliphatic rings. The van der Waals surface area contributed by atoms with Crippen molar-refractivity contribution in [1.29, 1.82) is 0 Å². The number of hydrogen-bond acceptors (Lipinski definition) is 5. The third-order valence-electron chi connectivity index (χ3n) is 2.80. The van der Waals surface area contributed by atoms with Crippen molar-refractivity contribution in [2.45, 2.75) is 32.0 Å². The molecule has 1 aromatic carbocycles. The zero-order valence-electron chi connectivity index (χ0n) is 11.0. The van der Waals surface area contributed by atoms with Crippen molar-refractivity contribution in [1.82, 2.24) is 0 Å². The third-order valence-corrected chi connectivity index (χ3v) is 3.71. The van der Waals surface area contributed by atoms with Gasteiger partial charge in [-0.3, -0.25) is 4.79 Å².